The highest BCUT2D eigenvalue weighted by molar-refractivity contribution is 6.35. The van der Waals surface area contributed by atoms with Crippen molar-refractivity contribution in [3.8, 4) is 0 Å². The Labute approximate surface area is 312 Å². The quantitative estimate of drug-likeness (QED) is 0.0484. The highest BCUT2D eigenvalue weighted by Crippen LogP contribution is 2.28. The molecular weight excluding hydrogens is 637 g/mol. The van der Waals surface area contributed by atoms with Gasteiger partial charge in [0.15, 0.2) is 0 Å². The van der Waals surface area contributed by atoms with Crippen LogP contribution in [0.15, 0.2) is 18.2 Å². The average Bonchev–Trinajstić information content (AvgIpc) is 3.05. The minimum absolute atomic E-state index is 0. The van der Waals surface area contributed by atoms with Gasteiger partial charge in [-0.1, -0.05) is 204 Å². The lowest BCUT2D eigenvalue weighted by atomic mass is 10.0. The fraction of sp³-hybridized carbons (Fsp3) is 0.860. The monoisotopic (exact) mass is 716 g/mol. The van der Waals surface area contributed by atoms with Crippen LogP contribution in [0.3, 0.4) is 0 Å². The van der Waals surface area contributed by atoms with Gasteiger partial charge < -0.3 is 16.9 Å². The second-order valence-corrected chi connectivity index (χ2v) is 15.8. The van der Waals surface area contributed by atoms with E-state index in [1.807, 2.05) is 6.07 Å². The molecule has 0 unspecified atom stereocenters. The van der Waals surface area contributed by atoms with Gasteiger partial charge in [-0.3, -0.25) is 0 Å². The van der Waals surface area contributed by atoms with E-state index in [0.717, 1.165) is 16.6 Å². The number of benzene rings is 1. The SMILES string of the molecule is CCCCCCCCCCCC[N+](CCCCCCCCCCCC)(CCCCCCCCCCCC)Cc1ccc(Cl)cc1Cl.[Cl-]. The van der Waals surface area contributed by atoms with Crippen LogP contribution in [0, 0.1) is 0 Å². The van der Waals surface area contributed by atoms with Crippen molar-refractivity contribution in [2.45, 2.75) is 220 Å². The molecule has 0 saturated carbocycles. The van der Waals surface area contributed by atoms with Crippen LogP contribution in [0.1, 0.15) is 219 Å². The maximum atomic E-state index is 6.83. The summed E-state index contributed by atoms with van der Waals surface area (Å²) in [6, 6.07) is 6.24. The summed E-state index contributed by atoms with van der Waals surface area (Å²) in [4.78, 5) is 0. The third-order valence-electron chi connectivity index (χ3n) is 10.5. The van der Waals surface area contributed by atoms with Crippen molar-refractivity contribution in [1.29, 1.82) is 0 Å². The first kappa shape index (κ1) is 47.0. The van der Waals surface area contributed by atoms with Gasteiger partial charge in [0.05, 0.1) is 24.7 Å². The summed E-state index contributed by atoms with van der Waals surface area (Å²) < 4.78 is 1.23. The molecule has 1 rings (SSSR count). The molecule has 278 valence electrons. The van der Waals surface area contributed by atoms with E-state index in [0.29, 0.717) is 0 Å². The second kappa shape index (κ2) is 34.5. The topological polar surface area (TPSA) is 0 Å². The zero-order chi connectivity index (χ0) is 33.4. The van der Waals surface area contributed by atoms with E-state index in [1.165, 1.54) is 222 Å². The summed E-state index contributed by atoms with van der Waals surface area (Å²) in [6.45, 7) is 11.9. The first-order valence-electron chi connectivity index (χ1n) is 20.9. The Morgan fingerprint density at radius 2 is 0.681 bits per heavy atom. The molecule has 47 heavy (non-hydrogen) atoms. The standard InChI is InChI=1S/C43H80Cl2N.ClH/c1-4-7-10-13-16-19-22-25-28-31-36-46(40-41-34-35-42(44)39-43(41)45,37-32-29-26-23-20-17-14-11-8-5-2)38-33-30-27-24-21-18-15-12-9-6-3;/h34-35,39H,4-33,36-38,40H2,1-3H3;1H/q+1;/p-1. The smallest absolute Gasteiger partial charge is 0.106 e. The summed E-state index contributed by atoms with van der Waals surface area (Å²) in [6.07, 6.45) is 42.2. The molecule has 0 N–H and O–H groups in total. The molecule has 0 bridgehead atoms. The molecule has 0 atom stereocenters. The maximum absolute atomic E-state index is 6.83. The van der Waals surface area contributed by atoms with E-state index >= 15 is 0 Å². The van der Waals surface area contributed by atoms with E-state index in [2.05, 4.69) is 32.9 Å². The number of halogens is 3. The molecule has 0 spiro atoms. The van der Waals surface area contributed by atoms with Crippen molar-refractivity contribution in [2.75, 3.05) is 19.6 Å². The molecule has 1 aromatic carbocycles. The van der Waals surface area contributed by atoms with Crippen LogP contribution in [0.25, 0.3) is 0 Å². The first-order valence-corrected chi connectivity index (χ1v) is 21.6. The van der Waals surface area contributed by atoms with Crippen molar-refractivity contribution >= 4 is 23.2 Å². The second-order valence-electron chi connectivity index (χ2n) is 15.0. The Kier molecular flexibility index (Phi) is 34.5. The third kappa shape index (κ3) is 27.5. The largest absolute Gasteiger partial charge is 1.00 e. The zero-order valence-electron chi connectivity index (χ0n) is 31.9. The normalized spacial score (nSPS) is 11.7. The number of nitrogens with zero attached hydrogens (tertiary/aromatic N) is 1. The van der Waals surface area contributed by atoms with Crippen molar-refractivity contribution in [3.63, 3.8) is 0 Å². The van der Waals surface area contributed by atoms with Crippen LogP contribution in [0.2, 0.25) is 10.0 Å². The molecule has 1 aromatic rings. The van der Waals surface area contributed by atoms with Crippen molar-refractivity contribution in [2.24, 2.45) is 0 Å². The van der Waals surface area contributed by atoms with Gasteiger partial charge in [-0.25, -0.2) is 0 Å². The first-order chi connectivity index (χ1) is 22.6. The molecule has 1 nitrogen and oxygen atoms in total. The van der Waals surface area contributed by atoms with Gasteiger partial charge in [0.1, 0.15) is 6.54 Å². The van der Waals surface area contributed by atoms with Gasteiger partial charge >= 0.3 is 0 Å². The molecule has 0 heterocycles. The number of hydrogen-bond donors (Lipinski definition) is 0. The molecule has 0 aliphatic rings. The van der Waals surface area contributed by atoms with Crippen LogP contribution < -0.4 is 12.4 Å². The highest BCUT2D eigenvalue weighted by Gasteiger charge is 2.28. The Morgan fingerprint density at radius 1 is 0.404 bits per heavy atom. The van der Waals surface area contributed by atoms with E-state index in [4.69, 9.17) is 23.2 Å². The fourth-order valence-corrected chi connectivity index (χ4v) is 7.86. The van der Waals surface area contributed by atoms with Crippen LogP contribution in [0.5, 0.6) is 0 Å². The molecule has 0 aliphatic carbocycles. The number of quaternary nitrogens is 1. The van der Waals surface area contributed by atoms with Gasteiger partial charge in [0.25, 0.3) is 0 Å². The van der Waals surface area contributed by atoms with E-state index < -0.39 is 0 Å². The Hall–Kier alpha value is 0.0500. The lowest BCUT2D eigenvalue weighted by molar-refractivity contribution is -0.941. The molecule has 0 radical (unpaired) electrons. The molecule has 4 heteroatoms. The summed E-state index contributed by atoms with van der Waals surface area (Å²) >= 11 is 13.2. The van der Waals surface area contributed by atoms with Crippen LogP contribution >= 0.6 is 23.2 Å². The fourth-order valence-electron chi connectivity index (χ4n) is 7.39. The molecule has 0 aliphatic heterocycles. The van der Waals surface area contributed by atoms with Crippen molar-refractivity contribution < 1.29 is 16.9 Å². The Balaban J connectivity index is 0.0000212. The summed E-state index contributed by atoms with van der Waals surface area (Å²) in [5.74, 6) is 0. The number of hydrogen-bond acceptors (Lipinski definition) is 0. The number of rotatable bonds is 35. The van der Waals surface area contributed by atoms with E-state index in [9.17, 15) is 0 Å². The highest BCUT2D eigenvalue weighted by atomic mass is 35.5. The summed E-state index contributed by atoms with van der Waals surface area (Å²) in [5.41, 5.74) is 1.30. The minimum Gasteiger partial charge on any atom is -1.00 e. The average molecular weight is 717 g/mol. The molecular formula is C43H80Cl3N. The van der Waals surface area contributed by atoms with Crippen molar-refractivity contribution in [3.05, 3.63) is 33.8 Å². The van der Waals surface area contributed by atoms with Gasteiger partial charge in [0, 0.05) is 10.6 Å². The number of unbranched alkanes of at least 4 members (excludes halogenated alkanes) is 27. The van der Waals surface area contributed by atoms with Gasteiger partial charge in [-0.05, 0) is 50.7 Å². The summed E-state index contributed by atoms with van der Waals surface area (Å²) in [7, 11) is 0. The Bertz CT molecular complexity index is 722. The van der Waals surface area contributed by atoms with Gasteiger partial charge in [-0.15, -0.1) is 0 Å². The van der Waals surface area contributed by atoms with Crippen molar-refractivity contribution in [1.82, 2.24) is 0 Å². The summed E-state index contributed by atoms with van der Waals surface area (Å²) in [5, 5.41) is 1.62. The Morgan fingerprint density at radius 3 is 0.957 bits per heavy atom. The zero-order valence-corrected chi connectivity index (χ0v) is 34.1. The minimum atomic E-state index is 0. The predicted molar refractivity (Wildman–Crippen MR) is 211 cm³/mol. The third-order valence-corrected chi connectivity index (χ3v) is 11.1. The lowest BCUT2D eigenvalue weighted by Crippen LogP contribution is -3.00. The molecule has 0 saturated heterocycles. The van der Waals surface area contributed by atoms with Crippen LogP contribution in [-0.4, -0.2) is 24.1 Å². The molecule has 0 fully saturated rings. The predicted octanol–water partition coefficient (Wildman–Crippen LogP) is 13.1. The molecule has 0 amide bonds. The lowest BCUT2D eigenvalue weighted by Gasteiger charge is -2.40. The van der Waals surface area contributed by atoms with E-state index in [-0.39, 0.29) is 12.4 Å². The van der Waals surface area contributed by atoms with Gasteiger partial charge in [0.2, 0.25) is 0 Å². The van der Waals surface area contributed by atoms with Crippen LogP contribution in [-0.2, 0) is 6.54 Å². The van der Waals surface area contributed by atoms with E-state index in [1.54, 1.807) is 0 Å². The van der Waals surface area contributed by atoms with Crippen LogP contribution in [0.4, 0.5) is 0 Å². The molecule has 0 aromatic heterocycles. The van der Waals surface area contributed by atoms with Gasteiger partial charge in [-0.2, -0.15) is 0 Å². The maximum Gasteiger partial charge on any atom is 0.106 e.